The van der Waals surface area contributed by atoms with E-state index >= 15 is 0 Å². The van der Waals surface area contributed by atoms with Crippen LogP contribution in [0, 0.1) is 6.57 Å². The first-order valence-corrected chi connectivity index (χ1v) is 6.26. The summed E-state index contributed by atoms with van der Waals surface area (Å²) in [5.74, 6) is 0. The van der Waals surface area contributed by atoms with Gasteiger partial charge in [0, 0.05) is 0 Å². The highest BCUT2D eigenvalue weighted by atomic mass is 16.6. The number of hydrogen-bond acceptors (Lipinski definition) is 6. The minimum absolute atomic E-state index is 0.0841. The highest BCUT2D eigenvalue weighted by Gasteiger charge is 2.22. The van der Waals surface area contributed by atoms with E-state index in [-0.39, 0.29) is 39.1 Å². The second-order valence-corrected chi connectivity index (χ2v) is 4.29. The summed E-state index contributed by atoms with van der Waals surface area (Å²) >= 11 is 0. The Balaban J connectivity index is 1.85. The van der Waals surface area contributed by atoms with Crippen molar-refractivity contribution in [1.82, 2.24) is 0 Å². The van der Waals surface area contributed by atoms with Gasteiger partial charge in [-0.3, -0.25) is 0 Å². The highest BCUT2D eigenvalue weighted by Crippen LogP contribution is 2.08. The lowest BCUT2D eigenvalue weighted by atomic mass is 10.4. The van der Waals surface area contributed by atoms with E-state index in [0.717, 1.165) is 6.61 Å². The summed E-state index contributed by atoms with van der Waals surface area (Å²) in [6.07, 6.45) is -1.28. The Morgan fingerprint density at radius 1 is 1.11 bits per heavy atom. The lowest BCUT2D eigenvalue weighted by Crippen LogP contribution is -2.27. The van der Waals surface area contributed by atoms with Crippen LogP contribution in [-0.4, -0.2) is 81.3 Å². The molecule has 1 heterocycles. The molecule has 0 spiro atoms. The maximum atomic E-state index is 9.50. The fraction of sp³-hybridized carbons (Fsp3) is 0.917. The average molecular weight is 275 g/mol. The summed E-state index contributed by atoms with van der Waals surface area (Å²) in [5.41, 5.74) is 0. The van der Waals surface area contributed by atoms with E-state index < -0.39 is 12.2 Å². The number of rotatable bonds is 12. The number of nitrogens with zero attached hydrogens (tertiary/aromatic N) is 1. The van der Waals surface area contributed by atoms with Crippen LogP contribution in [0.1, 0.15) is 0 Å². The molecule has 1 saturated heterocycles. The third-order valence-electron chi connectivity index (χ3n) is 2.29. The van der Waals surface area contributed by atoms with Gasteiger partial charge in [-0.2, -0.15) is 0 Å². The molecule has 0 aromatic heterocycles. The van der Waals surface area contributed by atoms with Crippen LogP contribution in [0.3, 0.4) is 0 Å². The zero-order valence-electron chi connectivity index (χ0n) is 10.9. The monoisotopic (exact) mass is 275 g/mol. The van der Waals surface area contributed by atoms with Gasteiger partial charge in [-0.25, -0.2) is 6.57 Å². The van der Waals surface area contributed by atoms with Crippen molar-refractivity contribution >= 4 is 0 Å². The van der Waals surface area contributed by atoms with Crippen LogP contribution in [0.5, 0.6) is 0 Å². The summed E-state index contributed by atoms with van der Waals surface area (Å²) in [6, 6.07) is 0. The molecule has 110 valence electrons. The second kappa shape index (κ2) is 10.1. The quantitative estimate of drug-likeness (QED) is 0.272. The minimum Gasteiger partial charge on any atom is -0.388 e. The molecule has 0 bridgehead atoms. The standard InChI is InChI=1S/C12H21NO6/c1-13-2-3-16-4-10(14)5-17-6-11(15)7-18-8-12-9-19-12/h10-12,14-15H,2-9H2. The van der Waals surface area contributed by atoms with Crippen molar-refractivity contribution in [3.63, 3.8) is 0 Å². The third kappa shape index (κ3) is 9.78. The molecule has 0 radical (unpaired) electrons. The molecule has 19 heavy (non-hydrogen) atoms. The molecule has 3 atom stereocenters. The summed E-state index contributed by atoms with van der Waals surface area (Å²) in [5, 5.41) is 19.0. The summed E-state index contributed by atoms with van der Waals surface area (Å²) < 4.78 is 20.3. The molecule has 1 fully saturated rings. The Bertz CT molecular complexity index is 265. The normalized spacial score (nSPS) is 20.8. The predicted octanol–water partition coefficient (Wildman–Crippen LogP) is -0.924. The fourth-order valence-electron chi connectivity index (χ4n) is 1.27. The molecule has 0 aromatic rings. The number of hydrogen-bond donors (Lipinski definition) is 2. The molecule has 7 nitrogen and oxygen atoms in total. The van der Waals surface area contributed by atoms with Gasteiger partial charge in [-0.15, -0.1) is 0 Å². The van der Waals surface area contributed by atoms with Crippen LogP contribution in [0.2, 0.25) is 0 Å². The Morgan fingerprint density at radius 3 is 2.26 bits per heavy atom. The number of epoxide rings is 1. The van der Waals surface area contributed by atoms with Crippen LogP contribution in [0.25, 0.3) is 4.85 Å². The Kier molecular flexibility index (Phi) is 8.66. The van der Waals surface area contributed by atoms with Crippen LogP contribution >= 0.6 is 0 Å². The summed E-state index contributed by atoms with van der Waals surface area (Å²) in [4.78, 5) is 3.12. The van der Waals surface area contributed by atoms with E-state index in [9.17, 15) is 10.2 Å². The summed E-state index contributed by atoms with van der Waals surface area (Å²) in [6.45, 7) is 8.86. The van der Waals surface area contributed by atoms with Gasteiger partial charge in [-0.1, -0.05) is 0 Å². The van der Waals surface area contributed by atoms with Crippen molar-refractivity contribution in [2.24, 2.45) is 0 Å². The average Bonchev–Trinajstić information content (AvgIpc) is 3.19. The topological polar surface area (TPSA) is 85.0 Å². The van der Waals surface area contributed by atoms with E-state index in [2.05, 4.69) is 4.85 Å². The predicted molar refractivity (Wildman–Crippen MR) is 65.7 cm³/mol. The van der Waals surface area contributed by atoms with Crippen molar-refractivity contribution in [3.05, 3.63) is 11.4 Å². The zero-order valence-corrected chi connectivity index (χ0v) is 10.9. The first-order valence-electron chi connectivity index (χ1n) is 6.26. The fourth-order valence-corrected chi connectivity index (χ4v) is 1.27. The van der Waals surface area contributed by atoms with Crippen molar-refractivity contribution in [2.45, 2.75) is 18.3 Å². The van der Waals surface area contributed by atoms with Gasteiger partial charge < -0.3 is 34.0 Å². The van der Waals surface area contributed by atoms with Crippen LogP contribution in [-0.2, 0) is 18.9 Å². The molecule has 0 saturated carbocycles. The SMILES string of the molecule is [C-]#[N+]CCOCC(O)COCC(O)COCC1CO1. The van der Waals surface area contributed by atoms with E-state index in [1.54, 1.807) is 0 Å². The van der Waals surface area contributed by atoms with Crippen molar-refractivity contribution in [2.75, 3.05) is 52.8 Å². The van der Waals surface area contributed by atoms with E-state index in [1.807, 2.05) is 0 Å². The second-order valence-electron chi connectivity index (χ2n) is 4.29. The molecular weight excluding hydrogens is 254 g/mol. The van der Waals surface area contributed by atoms with E-state index in [0.29, 0.717) is 13.2 Å². The molecule has 0 aliphatic carbocycles. The number of ether oxygens (including phenoxy) is 4. The largest absolute Gasteiger partial charge is 0.388 e. The molecule has 1 rings (SSSR count). The van der Waals surface area contributed by atoms with Gasteiger partial charge in [0.25, 0.3) is 0 Å². The first kappa shape index (κ1) is 16.3. The van der Waals surface area contributed by atoms with Gasteiger partial charge in [-0.05, 0) is 0 Å². The number of aliphatic hydroxyl groups excluding tert-OH is 2. The van der Waals surface area contributed by atoms with Gasteiger partial charge >= 0.3 is 0 Å². The highest BCUT2D eigenvalue weighted by molar-refractivity contribution is 4.67. The molecule has 1 aliphatic rings. The first-order chi connectivity index (χ1) is 9.22. The number of aliphatic hydroxyl groups is 2. The molecule has 7 heteroatoms. The molecular formula is C12H21NO6. The van der Waals surface area contributed by atoms with Gasteiger partial charge in [0.05, 0.1) is 39.6 Å². The lowest BCUT2D eigenvalue weighted by molar-refractivity contribution is -0.0562. The van der Waals surface area contributed by atoms with Crippen molar-refractivity contribution in [3.8, 4) is 0 Å². The van der Waals surface area contributed by atoms with Gasteiger partial charge in [0.1, 0.15) is 24.9 Å². The van der Waals surface area contributed by atoms with Gasteiger partial charge in [0.2, 0.25) is 6.54 Å². The zero-order chi connectivity index (χ0) is 13.9. The lowest BCUT2D eigenvalue weighted by Gasteiger charge is -2.14. The molecule has 3 unspecified atom stereocenters. The maximum absolute atomic E-state index is 9.50. The molecule has 1 aliphatic heterocycles. The Labute approximate surface area is 112 Å². The summed E-state index contributed by atoms with van der Waals surface area (Å²) in [7, 11) is 0. The Morgan fingerprint density at radius 2 is 1.68 bits per heavy atom. The van der Waals surface area contributed by atoms with Crippen LogP contribution in [0.4, 0.5) is 0 Å². The smallest absolute Gasteiger partial charge is 0.237 e. The van der Waals surface area contributed by atoms with Gasteiger partial charge in [0.15, 0.2) is 0 Å². The van der Waals surface area contributed by atoms with Crippen LogP contribution < -0.4 is 0 Å². The third-order valence-corrected chi connectivity index (χ3v) is 2.29. The minimum atomic E-state index is -0.751. The molecule has 0 amide bonds. The van der Waals surface area contributed by atoms with Crippen LogP contribution in [0.15, 0.2) is 0 Å². The van der Waals surface area contributed by atoms with E-state index in [1.165, 1.54) is 0 Å². The Hall–Kier alpha value is -0.750. The molecule has 2 N–H and O–H groups in total. The van der Waals surface area contributed by atoms with Crippen molar-refractivity contribution < 1.29 is 29.2 Å². The maximum Gasteiger partial charge on any atom is 0.237 e. The molecule has 0 aromatic carbocycles. The van der Waals surface area contributed by atoms with E-state index in [4.69, 9.17) is 25.5 Å². The van der Waals surface area contributed by atoms with Crippen molar-refractivity contribution in [1.29, 1.82) is 0 Å².